The summed E-state index contributed by atoms with van der Waals surface area (Å²) in [4.78, 5) is 18.8. The Morgan fingerprint density at radius 3 is 3.20 bits per heavy atom. The van der Waals surface area contributed by atoms with Gasteiger partial charge in [-0.25, -0.2) is 4.98 Å². The topological polar surface area (TPSA) is 71.2 Å². The van der Waals surface area contributed by atoms with Gasteiger partial charge in [0.05, 0.1) is 5.01 Å². The Kier molecular flexibility index (Phi) is 5.94. The van der Waals surface area contributed by atoms with Crippen LogP contribution in [0.15, 0.2) is 5.38 Å². The Labute approximate surface area is 124 Å². The molecule has 1 fully saturated rings. The Morgan fingerprint density at radius 1 is 1.60 bits per heavy atom. The van der Waals surface area contributed by atoms with Crippen LogP contribution >= 0.6 is 11.3 Å². The molecule has 2 rings (SSSR count). The van der Waals surface area contributed by atoms with E-state index in [4.69, 9.17) is 5.73 Å². The average Bonchev–Trinajstić information content (AvgIpc) is 2.94. The Hall–Kier alpha value is -0.980. The number of piperidine rings is 1. The van der Waals surface area contributed by atoms with Gasteiger partial charge in [-0.1, -0.05) is 13.3 Å². The summed E-state index contributed by atoms with van der Waals surface area (Å²) in [6.07, 6.45) is 4.44. The van der Waals surface area contributed by atoms with Crippen molar-refractivity contribution >= 4 is 17.2 Å². The number of nitrogens with zero attached hydrogens (tertiary/aromatic N) is 2. The van der Waals surface area contributed by atoms with E-state index in [0.717, 1.165) is 31.1 Å². The molecule has 1 aromatic heterocycles. The number of aromatic nitrogens is 1. The van der Waals surface area contributed by atoms with Crippen LogP contribution < -0.4 is 11.1 Å². The van der Waals surface area contributed by atoms with Gasteiger partial charge in [0.1, 0.15) is 5.69 Å². The molecule has 1 aliphatic heterocycles. The van der Waals surface area contributed by atoms with E-state index >= 15 is 0 Å². The van der Waals surface area contributed by atoms with Gasteiger partial charge in [-0.2, -0.15) is 0 Å². The van der Waals surface area contributed by atoms with Crippen LogP contribution in [0.1, 0.15) is 41.7 Å². The second kappa shape index (κ2) is 7.71. The van der Waals surface area contributed by atoms with E-state index in [1.165, 1.54) is 30.6 Å². The fourth-order valence-electron chi connectivity index (χ4n) is 2.66. The summed E-state index contributed by atoms with van der Waals surface area (Å²) in [7, 11) is 0. The van der Waals surface area contributed by atoms with Crippen LogP contribution in [-0.2, 0) is 6.42 Å². The predicted molar refractivity (Wildman–Crippen MR) is 82.1 cm³/mol. The van der Waals surface area contributed by atoms with Crippen molar-refractivity contribution in [1.29, 1.82) is 0 Å². The lowest BCUT2D eigenvalue weighted by Gasteiger charge is -2.34. The van der Waals surface area contributed by atoms with Crippen molar-refractivity contribution in [2.24, 2.45) is 5.73 Å². The van der Waals surface area contributed by atoms with E-state index in [-0.39, 0.29) is 5.91 Å². The average molecular weight is 296 g/mol. The molecule has 1 unspecified atom stereocenters. The fraction of sp³-hybridized carbons (Fsp3) is 0.714. The summed E-state index contributed by atoms with van der Waals surface area (Å²) in [6.45, 7) is 5.67. The maximum Gasteiger partial charge on any atom is 0.270 e. The first-order valence-corrected chi connectivity index (χ1v) is 8.29. The van der Waals surface area contributed by atoms with E-state index in [1.54, 1.807) is 0 Å². The number of carbonyl (C=O) groups is 1. The lowest BCUT2D eigenvalue weighted by atomic mass is 10.0. The van der Waals surface area contributed by atoms with Gasteiger partial charge in [0.25, 0.3) is 5.91 Å². The van der Waals surface area contributed by atoms with E-state index in [0.29, 0.717) is 18.3 Å². The van der Waals surface area contributed by atoms with Crippen LogP contribution in [0.4, 0.5) is 0 Å². The van der Waals surface area contributed by atoms with E-state index in [9.17, 15) is 4.79 Å². The highest BCUT2D eigenvalue weighted by atomic mass is 32.1. The summed E-state index contributed by atoms with van der Waals surface area (Å²) < 4.78 is 0. The smallest absolute Gasteiger partial charge is 0.270 e. The summed E-state index contributed by atoms with van der Waals surface area (Å²) >= 11 is 1.51. The number of hydrogen-bond acceptors (Lipinski definition) is 5. The lowest BCUT2D eigenvalue weighted by molar-refractivity contribution is 0.0913. The van der Waals surface area contributed by atoms with Crippen molar-refractivity contribution in [3.8, 4) is 0 Å². The molecule has 6 heteroatoms. The van der Waals surface area contributed by atoms with Crippen molar-refractivity contribution in [3.05, 3.63) is 16.1 Å². The number of carbonyl (C=O) groups excluding carboxylic acids is 1. The van der Waals surface area contributed by atoms with Gasteiger partial charge in [0, 0.05) is 24.4 Å². The van der Waals surface area contributed by atoms with Gasteiger partial charge in [0.15, 0.2) is 0 Å². The van der Waals surface area contributed by atoms with Crippen LogP contribution in [0.25, 0.3) is 0 Å². The molecule has 1 aromatic rings. The summed E-state index contributed by atoms with van der Waals surface area (Å²) in [6, 6.07) is 0.472. The molecule has 3 N–H and O–H groups in total. The molecule has 0 aromatic carbocycles. The number of likely N-dealkylation sites (tertiary alicyclic amines) is 1. The van der Waals surface area contributed by atoms with Crippen LogP contribution in [0.5, 0.6) is 0 Å². The third-order valence-corrected chi connectivity index (χ3v) is 4.70. The third kappa shape index (κ3) is 4.01. The van der Waals surface area contributed by atoms with Gasteiger partial charge in [-0.05, 0) is 32.5 Å². The van der Waals surface area contributed by atoms with Gasteiger partial charge >= 0.3 is 0 Å². The highest BCUT2D eigenvalue weighted by Gasteiger charge is 2.21. The molecule has 20 heavy (non-hydrogen) atoms. The number of likely N-dealkylation sites (N-methyl/N-ethyl adjacent to an activating group) is 1. The monoisotopic (exact) mass is 296 g/mol. The van der Waals surface area contributed by atoms with Crippen molar-refractivity contribution in [3.63, 3.8) is 0 Å². The number of nitrogens with two attached hydrogens (primary N) is 1. The molecule has 1 saturated heterocycles. The molecule has 0 spiro atoms. The predicted octanol–water partition coefficient (Wildman–Crippen LogP) is 1.25. The Morgan fingerprint density at radius 2 is 2.45 bits per heavy atom. The zero-order chi connectivity index (χ0) is 14.4. The van der Waals surface area contributed by atoms with Crippen LogP contribution in [0.3, 0.4) is 0 Å². The first-order valence-electron chi connectivity index (χ1n) is 7.41. The molecular weight excluding hydrogens is 272 g/mol. The lowest BCUT2D eigenvalue weighted by Crippen LogP contribution is -2.46. The van der Waals surface area contributed by atoms with Gasteiger partial charge in [-0.15, -0.1) is 11.3 Å². The first-order chi connectivity index (χ1) is 9.74. The third-order valence-electron chi connectivity index (χ3n) is 3.80. The molecule has 0 radical (unpaired) electrons. The fourth-order valence-corrected chi connectivity index (χ4v) is 3.46. The van der Waals surface area contributed by atoms with Crippen molar-refractivity contribution in [2.45, 2.75) is 38.6 Å². The maximum atomic E-state index is 12.1. The molecule has 2 heterocycles. The Balaban J connectivity index is 1.84. The summed E-state index contributed by atoms with van der Waals surface area (Å²) in [5.74, 6) is -0.0638. The minimum Gasteiger partial charge on any atom is -0.349 e. The molecular formula is C14H24N4OS. The Bertz CT molecular complexity index is 435. The van der Waals surface area contributed by atoms with Crippen molar-refractivity contribution in [1.82, 2.24) is 15.2 Å². The van der Waals surface area contributed by atoms with E-state index in [2.05, 4.69) is 22.1 Å². The molecule has 0 bridgehead atoms. The van der Waals surface area contributed by atoms with E-state index < -0.39 is 0 Å². The van der Waals surface area contributed by atoms with Crippen LogP contribution in [0, 0.1) is 0 Å². The zero-order valence-electron chi connectivity index (χ0n) is 12.1. The van der Waals surface area contributed by atoms with Crippen LogP contribution in [-0.4, -0.2) is 48.0 Å². The highest BCUT2D eigenvalue weighted by Crippen LogP contribution is 2.16. The number of amides is 1. The zero-order valence-corrected chi connectivity index (χ0v) is 12.9. The van der Waals surface area contributed by atoms with Crippen molar-refractivity contribution in [2.75, 3.05) is 26.2 Å². The largest absolute Gasteiger partial charge is 0.349 e. The molecule has 1 amide bonds. The van der Waals surface area contributed by atoms with Crippen LogP contribution in [0.2, 0.25) is 0 Å². The molecule has 1 aliphatic rings. The normalized spacial score (nSPS) is 20.0. The second-order valence-electron chi connectivity index (χ2n) is 5.15. The van der Waals surface area contributed by atoms with E-state index in [1.807, 2.05) is 5.38 Å². The van der Waals surface area contributed by atoms with Gasteiger partial charge in [0.2, 0.25) is 0 Å². The summed E-state index contributed by atoms with van der Waals surface area (Å²) in [5.41, 5.74) is 6.02. The molecule has 1 atom stereocenters. The molecule has 0 aliphatic carbocycles. The molecule has 0 saturated carbocycles. The maximum absolute atomic E-state index is 12.1. The first kappa shape index (κ1) is 15.4. The second-order valence-corrected chi connectivity index (χ2v) is 6.10. The minimum atomic E-state index is -0.0638. The van der Waals surface area contributed by atoms with Crippen molar-refractivity contribution < 1.29 is 4.79 Å². The molecule has 5 nitrogen and oxygen atoms in total. The minimum absolute atomic E-state index is 0.0638. The molecule has 112 valence electrons. The standard InChI is InChI=1S/C14H24N4OS/c1-2-18-8-4-3-5-11(18)9-16-14(19)12-10-20-13(17-12)6-7-15/h10-11H,2-9,15H2,1H3,(H,16,19). The van der Waals surface area contributed by atoms with Gasteiger partial charge in [-0.3, -0.25) is 9.69 Å². The number of nitrogens with one attached hydrogen (secondary N) is 1. The summed E-state index contributed by atoms with van der Waals surface area (Å²) in [5, 5.41) is 5.77. The van der Waals surface area contributed by atoms with Gasteiger partial charge < -0.3 is 11.1 Å². The number of hydrogen-bond donors (Lipinski definition) is 2. The number of thiazole rings is 1. The number of rotatable bonds is 6. The highest BCUT2D eigenvalue weighted by molar-refractivity contribution is 7.09. The quantitative estimate of drug-likeness (QED) is 0.829. The SMILES string of the molecule is CCN1CCCCC1CNC(=O)c1csc(CCN)n1.